The maximum absolute atomic E-state index is 15.9. The Labute approximate surface area is 258 Å². The minimum atomic E-state index is -1.02. The van der Waals surface area contributed by atoms with Crippen molar-refractivity contribution in [3.8, 4) is 22.9 Å². The van der Waals surface area contributed by atoms with Gasteiger partial charge < -0.3 is 23.9 Å². The van der Waals surface area contributed by atoms with Crippen LogP contribution in [0.5, 0.6) is 11.6 Å². The molecule has 0 unspecified atom stereocenters. The van der Waals surface area contributed by atoms with Crippen LogP contribution in [0.2, 0.25) is 0 Å². The molecule has 3 aromatic carbocycles. The second-order valence-corrected chi connectivity index (χ2v) is 11.2. The van der Waals surface area contributed by atoms with Gasteiger partial charge in [-0.3, -0.25) is 0 Å². The van der Waals surface area contributed by atoms with E-state index in [1.165, 1.54) is 12.1 Å². The van der Waals surface area contributed by atoms with Gasteiger partial charge in [-0.2, -0.15) is 0 Å². The summed E-state index contributed by atoms with van der Waals surface area (Å²) in [5, 5.41) is 9.60. The zero-order valence-corrected chi connectivity index (χ0v) is 24.3. The minimum Gasteiger partial charge on any atom is -0.493 e. The van der Waals surface area contributed by atoms with E-state index >= 15 is 4.39 Å². The molecule has 4 heterocycles. The van der Waals surface area contributed by atoms with Crippen LogP contribution >= 0.6 is 0 Å². The number of rotatable bonds is 5. The number of carboxylic acids is 1. The Hall–Kier alpha value is -5.27. The van der Waals surface area contributed by atoms with Gasteiger partial charge in [0.15, 0.2) is 5.69 Å². The van der Waals surface area contributed by atoms with Gasteiger partial charge in [0.05, 0.1) is 48.1 Å². The first-order valence-corrected chi connectivity index (χ1v) is 14.8. The van der Waals surface area contributed by atoms with E-state index in [1.807, 2.05) is 16.7 Å². The van der Waals surface area contributed by atoms with Crippen LogP contribution in [0.15, 0.2) is 66.7 Å². The van der Waals surface area contributed by atoms with Crippen molar-refractivity contribution in [3.63, 3.8) is 0 Å². The van der Waals surface area contributed by atoms with Gasteiger partial charge in [-0.15, -0.1) is 0 Å². The number of carbonyl (C=O) groups is 1. The average molecular weight is 605 g/mol. The number of aromatic carboxylic acids is 1. The van der Waals surface area contributed by atoms with Crippen molar-refractivity contribution in [1.82, 2.24) is 14.5 Å². The number of benzene rings is 3. The molecule has 226 valence electrons. The molecule has 0 saturated carbocycles. The molecular weight excluding hydrogens is 575 g/mol. The smallest absolute Gasteiger partial charge is 0.335 e. The number of halogens is 1. The van der Waals surface area contributed by atoms with Crippen LogP contribution in [0.1, 0.15) is 45.7 Å². The molecule has 7 rings (SSSR count). The lowest BCUT2D eigenvalue weighted by Gasteiger charge is -2.27. The number of hydrogen-bond donors (Lipinski definition) is 1. The summed E-state index contributed by atoms with van der Waals surface area (Å²) in [6.07, 6.45) is 2.48. The van der Waals surface area contributed by atoms with E-state index in [2.05, 4.69) is 9.83 Å². The van der Waals surface area contributed by atoms with Crippen molar-refractivity contribution in [1.29, 1.82) is 0 Å². The highest BCUT2D eigenvalue weighted by atomic mass is 19.1. The van der Waals surface area contributed by atoms with Crippen molar-refractivity contribution < 1.29 is 28.5 Å². The van der Waals surface area contributed by atoms with Crippen molar-refractivity contribution in [2.24, 2.45) is 0 Å². The molecule has 1 fully saturated rings. The number of hydrogen-bond acceptors (Lipinski definition) is 6. The topological polar surface area (TPSA) is 100 Å². The quantitative estimate of drug-likeness (QED) is 0.221. The number of pyridine rings is 1. The lowest BCUT2D eigenvalue weighted by Crippen LogP contribution is -2.31. The lowest BCUT2D eigenvalue weighted by atomic mass is 10.0. The van der Waals surface area contributed by atoms with E-state index < -0.39 is 11.8 Å². The molecule has 4 bridgehead atoms. The van der Waals surface area contributed by atoms with Gasteiger partial charge in [0.25, 0.3) is 0 Å². The highest BCUT2D eigenvalue weighted by Gasteiger charge is 2.24. The first-order valence-electron chi connectivity index (χ1n) is 14.8. The summed E-state index contributed by atoms with van der Waals surface area (Å²) in [6, 6.07) is 18.8. The zero-order chi connectivity index (χ0) is 30.9. The van der Waals surface area contributed by atoms with E-state index in [-0.39, 0.29) is 24.7 Å². The Kier molecular flexibility index (Phi) is 7.61. The number of fused-ring (bicyclic) bond motifs is 7. The molecule has 5 aromatic rings. The van der Waals surface area contributed by atoms with Gasteiger partial charge in [0.1, 0.15) is 24.0 Å². The molecule has 10 heteroatoms. The van der Waals surface area contributed by atoms with Crippen LogP contribution in [0, 0.1) is 12.4 Å². The maximum Gasteiger partial charge on any atom is 0.335 e. The fourth-order valence-corrected chi connectivity index (χ4v) is 5.81. The number of aromatic nitrogens is 3. The van der Waals surface area contributed by atoms with Crippen molar-refractivity contribution in [2.75, 3.05) is 13.2 Å². The fraction of sp³-hybridized carbons (Fsp3) is 0.257. The third-order valence-corrected chi connectivity index (χ3v) is 8.29. The molecule has 0 amide bonds. The van der Waals surface area contributed by atoms with Gasteiger partial charge in [-0.25, -0.2) is 24.0 Å². The number of aryl methyl sites for hydroxylation is 1. The fourth-order valence-electron chi connectivity index (χ4n) is 5.81. The first kappa shape index (κ1) is 28.5. The number of carboxylic acid groups (broad SMARTS) is 1. The number of imidazole rings is 1. The van der Waals surface area contributed by atoms with E-state index in [4.69, 9.17) is 25.8 Å². The monoisotopic (exact) mass is 604 g/mol. The molecule has 45 heavy (non-hydrogen) atoms. The lowest BCUT2D eigenvalue weighted by molar-refractivity contribution is -0.0589. The summed E-state index contributed by atoms with van der Waals surface area (Å²) in [5.41, 5.74) is 5.35. The third-order valence-electron chi connectivity index (χ3n) is 8.29. The van der Waals surface area contributed by atoms with Gasteiger partial charge in [-0.1, -0.05) is 29.8 Å². The number of ether oxygens (including phenoxy) is 3. The second kappa shape index (κ2) is 12.0. The van der Waals surface area contributed by atoms with Crippen LogP contribution in [-0.2, 0) is 30.7 Å². The molecule has 0 aliphatic carbocycles. The van der Waals surface area contributed by atoms with E-state index in [0.29, 0.717) is 83.6 Å². The second-order valence-electron chi connectivity index (χ2n) is 11.2. The molecule has 1 saturated heterocycles. The summed E-state index contributed by atoms with van der Waals surface area (Å²) in [7, 11) is 0. The third kappa shape index (κ3) is 5.82. The van der Waals surface area contributed by atoms with E-state index in [9.17, 15) is 9.90 Å². The molecule has 1 N–H and O–H groups in total. The molecule has 0 radical (unpaired) electrons. The molecule has 2 aliphatic rings. The van der Waals surface area contributed by atoms with Crippen LogP contribution in [-0.4, -0.2) is 44.9 Å². The molecular formula is C35H29FN4O5. The minimum absolute atomic E-state index is 0.00478. The molecule has 0 spiro atoms. The molecule has 2 aliphatic heterocycles. The summed E-state index contributed by atoms with van der Waals surface area (Å²) < 4.78 is 35.9. The van der Waals surface area contributed by atoms with Gasteiger partial charge in [0, 0.05) is 30.2 Å². The molecule has 2 aromatic heterocycles. The standard InChI is InChI=1S/C35H29FN4O5/c1-37-25-9-7-23-20-45-34-6-2-5-29(39-34)27-18-32(44-12-3-4-21(23)14-25)24(15-28(27)36)17-33-38-30-10-8-22(35(41)42)16-31(30)40(33)19-26-11-13-43-26/h2,5-10,14-16,18,26H,3-4,11-13,17,19-20H2,(H,41,42)/t26-/m0/s1. The summed E-state index contributed by atoms with van der Waals surface area (Å²) in [5.74, 6) is 0.0581. The number of nitrogens with zero attached hydrogens (tertiary/aromatic N) is 4. The highest BCUT2D eigenvalue weighted by Crippen LogP contribution is 2.34. The molecule has 1 atom stereocenters. The normalized spacial score (nSPS) is 16.0. The Balaban J connectivity index is 1.28. The predicted octanol–water partition coefficient (Wildman–Crippen LogP) is 6.77. The summed E-state index contributed by atoms with van der Waals surface area (Å²) in [6.45, 7) is 9.26. The van der Waals surface area contributed by atoms with Gasteiger partial charge in [0.2, 0.25) is 5.88 Å². The average Bonchev–Trinajstić information content (AvgIpc) is 3.36. The first-order chi connectivity index (χ1) is 21.9. The highest BCUT2D eigenvalue weighted by molar-refractivity contribution is 5.92. The van der Waals surface area contributed by atoms with Gasteiger partial charge >= 0.3 is 5.97 Å². The van der Waals surface area contributed by atoms with Crippen LogP contribution in [0.25, 0.3) is 27.1 Å². The summed E-state index contributed by atoms with van der Waals surface area (Å²) >= 11 is 0. The van der Waals surface area contributed by atoms with Gasteiger partial charge in [-0.05, 0) is 61.2 Å². The Morgan fingerprint density at radius 1 is 1.04 bits per heavy atom. The predicted molar refractivity (Wildman–Crippen MR) is 164 cm³/mol. The SMILES string of the molecule is [C-]#[N+]c1ccc2c(c1)CCCOc1cc(c(F)cc1Cc1nc3ccc(C(=O)O)cc3n1C[C@@H]1CCO1)-c1cccc(n1)OC2. The van der Waals surface area contributed by atoms with Crippen molar-refractivity contribution >= 4 is 22.7 Å². The maximum atomic E-state index is 15.9. The van der Waals surface area contributed by atoms with E-state index in [1.54, 1.807) is 42.5 Å². The Bertz CT molecular complexity index is 1980. The van der Waals surface area contributed by atoms with Crippen molar-refractivity contribution in [2.45, 2.75) is 44.9 Å². The largest absolute Gasteiger partial charge is 0.493 e. The Morgan fingerprint density at radius 3 is 2.73 bits per heavy atom. The van der Waals surface area contributed by atoms with Crippen molar-refractivity contribution in [3.05, 3.63) is 112 Å². The summed E-state index contributed by atoms with van der Waals surface area (Å²) in [4.78, 5) is 24.7. The van der Waals surface area contributed by atoms with Crippen LogP contribution in [0.4, 0.5) is 10.1 Å². The van der Waals surface area contributed by atoms with Crippen LogP contribution in [0.3, 0.4) is 0 Å². The molecule has 9 nitrogen and oxygen atoms in total. The zero-order valence-electron chi connectivity index (χ0n) is 24.3. The van der Waals surface area contributed by atoms with Crippen LogP contribution < -0.4 is 9.47 Å². The Morgan fingerprint density at radius 2 is 1.93 bits per heavy atom. The van der Waals surface area contributed by atoms with E-state index in [0.717, 1.165) is 17.5 Å².